The molecule has 26 heavy (non-hydrogen) atoms. The lowest BCUT2D eigenvalue weighted by Crippen LogP contribution is -2.51. The fourth-order valence-electron chi connectivity index (χ4n) is 3.23. The number of piperazine rings is 1. The predicted octanol–water partition coefficient (Wildman–Crippen LogP) is 1.75. The van der Waals surface area contributed by atoms with Crippen molar-refractivity contribution >= 4 is 11.8 Å². The lowest BCUT2D eigenvalue weighted by atomic mass is 10.1. The largest absolute Gasteiger partial charge is 0.497 e. The summed E-state index contributed by atoms with van der Waals surface area (Å²) in [4.78, 5) is 33.1. The van der Waals surface area contributed by atoms with Crippen molar-refractivity contribution < 1.29 is 14.3 Å². The van der Waals surface area contributed by atoms with Crippen molar-refractivity contribution in [3.63, 3.8) is 0 Å². The lowest BCUT2D eigenvalue weighted by molar-refractivity contribution is -0.135. The fourth-order valence-corrected chi connectivity index (χ4v) is 3.23. The van der Waals surface area contributed by atoms with Crippen LogP contribution in [0.2, 0.25) is 0 Å². The molecule has 3 rings (SSSR count). The molecular formula is C19H24N4O3. The maximum atomic E-state index is 12.7. The van der Waals surface area contributed by atoms with Gasteiger partial charge >= 0.3 is 0 Å². The van der Waals surface area contributed by atoms with Crippen LogP contribution in [0.4, 0.5) is 0 Å². The Morgan fingerprint density at radius 1 is 1.08 bits per heavy atom. The summed E-state index contributed by atoms with van der Waals surface area (Å²) < 4.78 is 6.99. The molecule has 0 saturated carbocycles. The Labute approximate surface area is 153 Å². The first-order chi connectivity index (χ1) is 12.5. The molecule has 0 radical (unpaired) electrons. The molecule has 1 atom stereocenters. The maximum absolute atomic E-state index is 12.7. The van der Waals surface area contributed by atoms with Gasteiger partial charge in [-0.25, -0.2) is 4.98 Å². The molecule has 1 saturated heterocycles. The smallest absolute Gasteiger partial charge is 0.253 e. The van der Waals surface area contributed by atoms with Gasteiger partial charge in [-0.1, -0.05) is 0 Å². The number of aryl methyl sites for hydroxylation is 1. The summed E-state index contributed by atoms with van der Waals surface area (Å²) in [5, 5.41) is 0. The molecule has 0 spiro atoms. The third kappa shape index (κ3) is 3.56. The summed E-state index contributed by atoms with van der Waals surface area (Å²) in [6.07, 6.45) is 3.52. The van der Waals surface area contributed by atoms with E-state index in [2.05, 4.69) is 4.98 Å². The van der Waals surface area contributed by atoms with Crippen LogP contribution in [0.5, 0.6) is 5.75 Å². The van der Waals surface area contributed by atoms with Crippen LogP contribution in [0.25, 0.3) is 0 Å². The molecule has 7 heteroatoms. The Balaban J connectivity index is 1.59. The topological polar surface area (TPSA) is 67.7 Å². The zero-order valence-corrected chi connectivity index (χ0v) is 15.4. The minimum atomic E-state index is -0.290. The summed E-state index contributed by atoms with van der Waals surface area (Å²) in [7, 11) is 1.60. The Hall–Kier alpha value is -2.83. The Kier molecular flexibility index (Phi) is 5.25. The van der Waals surface area contributed by atoms with Crippen LogP contribution in [0.3, 0.4) is 0 Å². The highest BCUT2D eigenvalue weighted by atomic mass is 16.5. The second kappa shape index (κ2) is 7.59. The van der Waals surface area contributed by atoms with Gasteiger partial charge in [0.2, 0.25) is 5.91 Å². The molecule has 1 aliphatic rings. The van der Waals surface area contributed by atoms with Crippen molar-refractivity contribution in [2.24, 2.45) is 0 Å². The van der Waals surface area contributed by atoms with Crippen LogP contribution in [-0.2, 0) is 4.79 Å². The monoisotopic (exact) mass is 356 g/mol. The maximum Gasteiger partial charge on any atom is 0.253 e. The number of aromatic nitrogens is 2. The van der Waals surface area contributed by atoms with Crippen LogP contribution in [-0.4, -0.2) is 64.5 Å². The first kappa shape index (κ1) is 18.0. The van der Waals surface area contributed by atoms with Gasteiger partial charge < -0.3 is 19.1 Å². The van der Waals surface area contributed by atoms with E-state index in [0.29, 0.717) is 31.7 Å². The third-order valence-electron chi connectivity index (χ3n) is 4.85. The summed E-state index contributed by atoms with van der Waals surface area (Å²) in [6.45, 7) is 5.91. The highest BCUT2D eigenvalue weighted by molar-refractivity contribution is 5.94. The molecule has 1 fully saturated rings. The number of nitrogens with zero attached hydrogens (tertiary/aromatic N) is 4. The Bertz CT molecular complexity index is 776. The van der Waals surface area contributed by atoms with Gasteiger partial charge in [0.25, 0.3) is 5.91 Å². The molecule has 0 unspecified atom stereocenters. The van der Waals surface area contributed by atoms with E-state index in [4.69, 9.17) is 4.74 Å². The number of carbonyl (C=O) groups excluding carboxylic acids is 2. The van der Waals surface area contributed by atoms with Gasteiger partial charge in [-0.15, -0.1) is 0 Å². The Morgan fingerprint density at radius 2 is 1.69 bits per heavy atom. The zero-order chi connectivity index (χ0) is 18.7. The van der Waals surface area contributed by atoms with E-state index < -0.39 is 0 Å². The molecule has 1 aliphatic heterocycles. The van der Waals surface area contributed by atoms with Crippen LogP contribution in [0.15, 0.2) is 36.7 Å². The molecule has 1 aromatic heterocycles. The van der Waals surface area contributed by atoms with Gasteiger partial charge in [0.1, 0.15) is 17.6 Å². The highest BCUT2D eigenvalue weighted by Crippen LogP contribution is 2.17. The number of ether oxygens (including phenoxy) is 1. The second-order valence-corrected chi connectivity index (χ2v) is 6.40. The molecule has 2 heterocycles. The van der Waals surface area contributed by atoms with E-state index in [1.807, 2.05) is 29.5 Å². The number of carbonyl (C=O) groups is 2. The zero-order valence-electron chi connectivity index (χ0n) is 15.4. The summed E-state index contributed by atoms with van der Waals surface area (Å²) in [5.74, 6) is 1.58. The molecule has 0 aliphatic carbocycles. The van der Waals surface area contributed by atoms with E-state index in [1.165, 1.54) is 0 Å². The highest BCUT2D eigenvalue weighted by Gasteiger charge is 2.28. The molecular weight excluding hydrogens is 332 g/mol. The van der Waals surface area contributed by atoms with E-state index in [-0.39, 0.29) is 17.9 Å². The molecule has 2 aromatic rings. The number of amides is 2. The first-order valence-electron chi connectivity index (χ1n) is 8.73. The summed E-state index contributed by atoms with van der Waals surface area (Å²) in [6, 6.07) is 6.80. The van der Waals surface area contributed by atoms with E-state index >= 15 is 0 Å². The second-order valence-electron chi connectivity index (χ2n) is 6.40. The molecule has 1 aromatic carbocycles. The fraction of sp³-hybridized carbons (Fsp3) is 0.421. The normalized spacial score (nSPS) is 15.7. The van der Waals surface area contributed by atoms with E-state index in [1.54, 1.807) is 42.5 Å². The predicted molar refractivity (Wildman–Crippen MR) is 97.2 cm³/mol. The molecule has 0 bridgehead atoms. The van der Waals surface area contributed by atoms with Crippen LogP contribution >= 0.6 is 0 Å². The number of rotatable bonds is 4. The van der Waals surface area contributed by atoms with Crippen LogP contribution in [0.1, 0.15) is 29.1 Å². The number of methoxy groups -OCH3 is 1. The van der Waals surface area contributed by atoms with Crippen molar-refractivity contribution in [3.8, 4) is 5.75 Å². The SMILES string of the molecule is COc1ccc(C(=O)N2CCN(C(=O)[C@@H](C)n3ccnc3C)CC2)cc1. The summed E-state index contributed by atoms with van der Waals surface area (Å²) in [5.41, 5.74) is 0.632. The standard InChI is InChI=1S/C19H24N4O3/c1-14(23-9-8-20-15(23)2)18(24)21-10-12-22(13-11-21)19(25)16-4-6-17(26-3)7-5-16/h4-9,14H,10-13H2,1-3H3/t14-/m1/s1. The van der Waals surface area contributed by atoms with Crippen molar-refractivity contribution in [2.45, 2.75) is 19.9 Å². The third-order valence-corrected chi connectivity index (χ3v) is 4.85. The van der Waals surface area contributed by atoms with Gasteiger partial charge in [0.15, 0.2) is 0 Å². The van der Waals surface area contributed by atoms with E-state index in [9.17, 15) is 9.59 Å². The van der Waals surface area contributed by atoms with Gasteiger partial charge in [0, 0.05) is 44.1 Å². The van der Waals surface area contributed by atoms with Gasteiger partial charge in [-0.3, -0.25) is 9.59 Å². The lowest BCUT2D eigenvalue weighted by Gasteiger charge is -2.36. The average molecular weight is 356 g/mol. The van der Waals surface area contributed by atoms with Crippen molar-refractivity contribution in [3.05, 3.63) is 48.0 Å². The van der Waals surface area contributed by atoms with Gasteiger partial charge in [0.05, 0.1) is 7.11 Å². The van der Waals surface area contributed by atoms with Crippen molar-refractivity contribution in [1.29, 1.82) is 0 Å². The number of benzene rings is 1. The number of hydrogen-bond donors (Lipinski definition) is 0. The minimum absolute atomic E-state index is 0.0155. The molecule has 2 amide bonds. The number of imidazole rings is 1. The van der Waals surface area contributed by atoms with Gasteiger partial charge in [-0.2, -0.15) is 0 Å². The number of hydrogen-bond acceptors (Lipinski definition) is 4. The van der Waals surface area contributed by atoms with Crippen molar-refractivity contribution in [1.82, 2.24) is 19.4 Å². The molecule has 138 valence electrons. The Morgan fingerprint density at radius 3 is 2.23 bits per heavy atom. The van der Waals surface area contributed by atoms with Crippen molar-refractivity contribution in [2.75, 3.05) is 33.3 Å². The van der Waals surface area contributed by atoms with E-state index in [0.717, 1.165) is 11.6 Å². The molecule has 7 nitrogen and oxygen atoms in total. The van der Waals surface area contributed by atoms with Gasteiger partial charge in [-0.05, 0) is 38.1 Å². The average Bonchev–Trinajstić information content (AvgIpc) is 3.12. The first-order valence-corrected chi connectivity index (χ1v) is 8.73. The quantitative estimate of drug-likeness (QED) is 0.837. The van der Waals surface area contributed by atoms with Crippen LogP contribution < -0.4 is 4.74 Å². The van der Waals surface area contributed by atoms with Crippen LogP contribution in [0, 0.1) is 6.92 Å². The molecule has 0 N–H and O–H groups in total. The summed E-state index contributed by atoms with van der Waals surface area (Å²) >= 11 is 0. The minimum Gasteiger partial charge on any atom is -0.497 e.